The van der Waals surface area contributed by atoms with Gasteiger partial charge in [0.1, 0.15) is 30.8 Å². The van der Waals surface area contributed by atoms with Crippen molar-refractivity contribution < 1.29 is 77.1 Å². The van der Waals surface area contributed by atoms with Crippen molar-refractivity contribution >= 4 is 70.8 Å². The first kappa shape index (κ1) is 91.3. The topological polar surface area (TPSA) is 373 Å². The molecule has 28 heteroatoms. The average molecular weight is 1540 g/mol. The summed E-state index contributed by atoms with van der Waals surface area (Å²) in [6, 6.07) is 18.1. The molecule has 0 radical (unpaired) electrons. The van der Waals surface area contributed by atoms with Crippen LogP contribution in [0.1, 0.15) is 188 Å². The maximum Gasteiger partial charge on any atom is 0.411 e. The van der Waals surface area contributed by atoms with Gasteiger partial charge in [-0.15, -0.1) is 0 Å². The highest BCUT2D eigenvalue weighted by molar-refractivity contribution is 5.98. The van der Waals surface area contributed by atoms with E-state index >= 15 is 4.79 Å². The van der Waals surface area contributed by atoms with Gasteiger partial charge in [-0.3, -0.25) is 48.3 Å². The molecule has 2 heterocycles. The number of nitrogens with one attached hydrogen (secondary N) is 7. The van der Waals surface area contributed by atoms with Crippen LogP contribution in [0.2, 0.25) is 0 Å². The molecule has 0 aliphatic carbocycles. The molecule has 0 bridgehead atoms. The van der Waals surface area contributed by atoms with E-state index in [4.69, 9.17) is 24.7 Å². The Morgan fingerprint density at radius 2 is 1.35 bits per heavy atom. The number of anilines is 2. The molecule has 1 fully saturated rings. The van der Waals surface area contributed by atoms with Gasteiger partial charge in [-0.25, -0.2) is 14.4 Å². The van der Waals surface area contributed by atoms with Gasteiger partial charge in [-0.2, -0.15) is 0 Å². The number of hydrogen-bond donors (Lipinski definition) is 10. The van der Waals surface area contributed by atoms with Crippen LogP contribution in [0.25, 0.3) is 0 Å². The Bertz CT molecular complexity index is 3610. The van der Waals surface area contributed by atoms with Crippen LogP contribution in [0, 0.1) is 29.6 Å². The number of esters is 1. The molecule has 4 aromatic rings. The number of urea groups is 1. The van der Waals surface area contributed by atoms with Crippen molar-refractivity contribution in [2.75, 3.05) is 59.1 Å². The van der Waals surface area contributed by atoms with Crippen molar-refractivity contribution in [3.05, 3.63) is 107 Å². The first-order valence-electron chi connectivity index (χ1n) is 39.0. The van der Waals surface area contributed by atoms with E-state index in [0.29, 0.717) is 80.5 Å². The highest BCUT2D eigenvalue weighted by Crippen LogP contribution is 2.36. The predicted molar refractivity (Wildman–Crippen MR) is 422 cm³/mol. The number of aromatic nitrogens is 1. The second kappa shape index (κ2) is 45.8. The SMILES string of the molecule is CCCC(C)c1cc(O)n(CCCCCC(=O)NC(C(=O)NC(CCCNC(N)=O)C(=O)Nc2ccc(COC(=O)Nc3cccc(CN(C)C(C(=O)NC(CC(C)C)C(=O)N(C)C(C(C)CC)C(CC(=O)N4CCCC4C(OC)C(C)C(=O)NC(Cc4ccccc4)C(=O)OC)OC)C(C)C)c3)cc2)C(C)C)c1O. The third kappa shape index (κ3) is 27.9. The van der Waals surface area contributed by atoms with E-state index in [9.17, 15) is 53.4 Å². The molecule has 1 aliphatic rings. The first-order valence-corrected chi connectivity index (χ1v) is 39.0. The lowest BCUT2D eigenvalue weighted by Gasteiger charge is -2.41. The molecule has 610 valence electrons. The number of methoxy groups -OCH3 is 3. The Morgan fingerprint density at radius 1 is 0.673 bits per heavy atom. The zero-order valence-electron chi connectivity index (χ0n) is 67.7. The normalized spacial score (nSPS) is 15.9. The van der Waals surface area contributed by atoms with Gasteiger partial charge >= 0.3 is 18.1 Å². The zero-order chi connectivity index (χ0) is 81.5. The van der Waals surface area contributed by atoms with Crippen LogP contribution >= 0.6 is 0 Å². The summed E-state index contributed by atoms with van der Waals surface area (Å²) in [5, 5.41) is 41.0. The molecule has 5 rings (SSSR count). The summed E-state index contributed by atoms with van der Waals surface area (Å²) in [5.74, 6) is -4.76. The van der Waals surface area contributed by atoms with Crippen molar-refractivity contribution in [3.63, 3.8) is 0 Å². The Morgan fingerprint density at radius 3 is 1.96 bits per heavy atom. The number of likely N-dealkylation sites (tertiary alicyclic amines) is 1. The van der Waals surface area contributed by atoms with E-state index in [0.717, 1.165) is 24.0 Å². The van der Waals surface area contributed by atoms with Gasteiger partial charge < -0.3 is 76.6 Å². The Balaban J connectivity index is 1.16. The summed E-state index contributed by atoms with van der Waals surface area (Å²) in [5.41, 5.74) is 8.99. The van der Waals surface area contributed by atoms with E-state index in [-0.39, 0.29) is 117 Å². The summed E-state index contributed by atoms with van der Waals surface area (Å²) in [4.78, 5) is 142. The summed E-state index contributed by atoms with van der Waals surface area (Å²) < 4.78 is 24.3. The minimum Gasteiger partial charge on any atom is -0.494 e. The second-order valence-corrected chi connectivity index (χ2v) is 30.5. The maximum atomic E-state index is 15.0. The van der Waals surface area contributed by atoms with E-state index in [1.54, 1.807) is 86.1 Å². The smallest absolute Gasteiger partial charge is 0.411 e. The second-order valence-electron chi connectivity index (χ2n) is 30.5. The lowest BCUT2D eigenvalue weighted by Crippen LogP contribution is -2.59. The van der Waals surface area contributed by atoms with Crippen LogP contribution in [0.3, 0.4) is 0 Å². The highest BCUT2D eigenvalue weighted by Gasteiger charge is 2.44. The summed E-state index contributed by atoms with van der Waals surface area (Å²) in [6.45, 7) is 22.2. The number of hydrogen-bond acceptors (Lipinski definition) is 17. The molecule has 0 spiro atoms. The van der Waals surface area contributed by atoms with Gasteiger partial charge in [0.25, 0.3) is 0 Å². The fraction of sp³-hybridized carbons (Fsp3) is 0.610. The van der Waals surface area contributed by atoms with Crippen molar-refractivity contribution in [2.45, 2.75) is 246 Å². The molecule has 28 nitrogen and oxygen atoms in total. The minimum atomic E-state index is -1.09. The van der Waals surface area contributed by atoms with Crippen LogP contribution in [0.5, 0.6) is 11.8 Å². The fourth-order valence-corrected chi connectivity index (χ4v) is 14.6. The van der Waals surface area contributed by atoms with Gasteiger partial charge in [-0.1, -0.05) is 150 Å². The molecule has 0 saturated carbocycles. The highest BCUT2D eigenvalue weighted by atomic mass is 16.5. The zero-order valence-corrected chi connectivity index (χ0v) is 67.7. The van der Waals surface area contributed by atoms with Crippen LogP contribution in [-0.2, 0) is 83.4 Å². The number of rotatable bonds is 46. The van der Waals surface area contributed by atoms with Gasteiger partial charge in [-0.05, 0) is 129 Å². The van der Waals surface area contributed by atoms with Crippen LogP contribution in [-0.4, -0.2) is 192 Å². The van der Waals surface area contributed by atoms with E-state index in [1.807, 2.05) is 96.8 Å². The molecule has 12 atom stereocenters. The lowest BCUT2D eigenvalue weighted by atomic mass is 9.89. The number of primary amides is 1. The number of amides is 10. The van der Waals surface area contributed by atoms with Crippen molar-refractivity contribution in [1.82, 2.24) is 45.9 Å². The third-order valence-corrected chi connectivity index (χ3v) is 20.7. The number of carbonyl (C=O) groups is 10. The number of unbranched alkanes of at least 4 members (excludes halogenated alkanes) is 2. The lowest BCUT2D eigenvalue weighted by molar-refractivity contribution is -0.148. The standard InChI is InChI=1S/C82H126N12O16/c1-17-28-54(10)61-46-68(96)94(78(61)102)41-24-20-23-35-67(95)90-70(51(5)6)76(100)87-62(33-26-40-84-81(83)105)75(99)85-59-38-36-57(37-39-59)49-110-82(106)86-60-32-25-31-58(44-60)48-91(12)71(52(7)8)77(101)88-63(43-50(3)4)79(103)92(13)72(53(9)18-2)66(107-14)47-69(97)93-42-27-34-65(93)73(108-15)55(11)74(98)89-64(80(104)109-16)45-56-29-21-19-22-30-56/h19,21-22,25,29-32,36-39,44,46,50-55,62-66,70-73,96,102H,17-18,20,23-24,26-28,33-35,40-43,45,47-49H2,1-16H3,(H,85,99)(H,86,106)(H,87,100)(H,88,101)(H,89,98)(H,90,95)(H3,83,84,105). The molecule has 1 aliphatic heterocycles. The Labute approximate surface area is 650 Å². The maximum absolute atomic E-state index is 15.0. The predicted octanol–water partition coefficient (Wildman–Crippen LogP) is 9.63. The van der Waals surface area contributed by atoms with Crippen molar-refractivity contribution in [3.8, 4) is 11.8 Å². The monoisotopic (exact) mass is 1530 g/mol. The molecule has 12 unspecified atom stereocenters. The quantitative estimate of drug-likeness (QED) is 0.0145. The van der Waals surface area contributed by atoms with Crippen LogP contribution in [0.4, 0.5) is 21.0 Å². The molecule has 3 aromatic carbocycles. The van der Waals surface area contributed by atoms with Crippen molar-refractivity contribution in [1.29, 1.82) is 0 Å². The number of aromatic hydroxyl groups is 2. The summed E-state index contributed by atoms with van der Waals surface area (Å²) >= 11 is 0. The molecular formula is C82H126N12O16. The summed E-state index contributed by atoms with van der Waals surface area (Å²) in [6.07, 6.45) is 4.14. The largest absolute Gasteiger partial charge is 0.494 e. The molecule has 11 N–H and O–H groups in total. The fourth-order valence-electron chi connectivity index (χ4n) is 14.6. The van der Waals surface area contributed by atoms with Gasteiger partial charge in [0.2, 0.25) is 41.4 Å². The Kier molecular flexibility index (Phi) is 38.0. The third-order valence-electron chi connectivity index (χ3n) is 20.7. The number of ether oxygens (including phenoxy) is 4. The molecule has 10 amide bonds. The van der Waals surface area contributed by atoms with Gasteiger partial charge in [0, 0.05) is 83.3 Å². The first-order chi connectivity index (χ1) is 52.3. The molecule has 1 aromatic heterocycles. The molecule has 110 heavy (non-hydrogen) atoms. The van der Waals surface area contributed by atoms with Gasteiger partial charge in [0.15, 0.2) is 11.8 Å². The average Bonchev–Trinajstić information content (AvgIpc) is 1.72. The number of benzene rings is 3. The number of nitrogens with two attached hydrogens (primary N) is 1. The van der Waals surface area contributed by atoms with Crippen molar-refractivity contribution in [2.24, 2.45) is 35.3 Å². The number of nitrogens with zero attached hydrogens (tertiary/aromatic N) is 4. The molecule has 1 saturated heterocycles. The van der Waals surface area contributed by atoms with E-state index in [1.165, 1.54) is 25.9 Å². The van der Waals surface area contributed by atoms with Crippen LogP contribution in [0.15, 0.2) is 84.9 Å². The Hall–Kier alpha value is -9.28. The molecular weight excluding hydrogens is 1410 g/mol. The van der Waals surface area contributed by atoms with Gasteiger partial charge in [0.05, 0.1) is 49.8 Å². The van der Waals surface area contributed by atoms with Crippen LogP contribution < -0.4 is 43.0 Å². The minimum absolute atomic E-state index is 0.00752. The summed E-state index contributed by atoms with van der Waals surface area (Å²) in [7, 11) is 7.82. The van der Waals surface area contributed by atoms with E-state index < -0.39 is 96.2 Å². The number of carbonyl (C=O) groups excluding carboxylic acids is 10. The van der Waals surface area contributed by atoms with E-state index in [2.05, 4.69) is 44.1 Å². The number of likely N-dealkylation sites (N-methyl/N-ethyl adjacent to an activating group) is 2.